The molecule has 1 aliphatic rings. The zero-order chi connectivity index (χ0) is 19.1. The third-order valence-corrected chi connectivity index (χ3v) is 5.31. The van der Waals surface area contributed by atoms with Gasteiger partial charge in [-0.1, -0.05) is 38.3 Å². The van der Waals surface area contributed by atoms with Crippen molar-refractivity contribution >= 4 is 23.5 Å². The number of halogens is 1. The van der Waals surface area contributed by atoms with E-state index >= 15 is 0 Å². The molecule has 0 N–H and O–H groups in total. The number of esters is 2. The van der Waals surface area contributed by atoms with Crippen molar-refractivity contribution in [1.29, 1.82) is 0 Å². The fourth-order valence-corrected chi connectivity index (χ4v) is 3.46. The number of hydrogen-bond acceptors (Lipinski definition) is 4. The molecule has 2 rings (SSSR count). The van der Waals surface area contributed by atoms with E-state index < -0.39 is 11.8 Å². The SMILES string of the molecule is Cc1cc(OC(=O)C2CCCCC2C(=O)OCCCC(C)C)ccc1Cl. The first-order chi connectivity index (χ1) is 12.4. The Balaban J connectivity index is 1.94. The molecule has 26 heavy (non-hydrogen) atoms. The molecule has 0 amide bonds. The van der Waals surface area contributed by atoms with Crippen LogP contribution in [0.5, 0.6) is 5.75 Å². The molecule has 0 aromatic heterocycles. The summed E-state index contributed by atoms with van der Waals surface area (Å²) in [5.41, 5.74) is 0.849. The van der Waals surface area contributed by atoms with Gasteiger partial charge in [0.05, 0.1) is 18.4 Å². The first-order valence-electron chi connectivity index (χ1n) is 9.53. The Bertz CT molecular complexity index is 626. The second-order valence-corrected chi connectivity index (χ2v) is 7.94. The lowest BCUT2D eigenvalue weighted by Crippen LogP contribution is -2.36. The Morgan fingerprint density at radius 1 is 1.15 bits per heavy atom. The highest BCUT2D eigenvalue weighted by Gasteiger charge is 2.38. The predicted molar refractivity (Wildman–Crippen MR) is 102 cm³/mol. The van der Waals surface area contributed by atoms with Gasteiger partial charge in [-0.05, 0) is 62.3 Å². The van der Waals surface area contributed by atoms with Crippen LogP contribution in [0.4, 0.5) is 0 Å². The van der Waals surface area contributed by atoms with E-state index in [9.17, 15) is 9.59 Å². The normalized spacial score (nSPS) is 20.0. The Morgan fingerprint density at radius 3 is 2.42 bits per heavy atom. The summed E-state index contributed by atoms with van der Waals surface area (Å²) in [6.45, 7) is 6.57. The first kappa shape index (κ1) is 20.8. The van der Waals surface area contributed by atoms with E-state index in [2.05, 4.69) is 13.8 Å². The Morgan fingerprint density at radius 2 is 1.81 bits per heavy atom. The van der Waals surface area contributed by atoms with Crippen molar-refractivity contribution in [1.82, 2.24) is 0 Å². The number of carbonyl (C=O) groups excluding carboxylic acids is 2. The lowest BCUT2D eigenvalue weighted by Gasteiger charge is -2.28. The highest BCUT2D eigenvalue weighted by molar-refractivity contribution is 6.31. The van der Waals surface area contributed by atoms with Crippen molar-refractivity contribution in [3.63, 3.8) is 0 Å². The fraction of sp³-hybridized carbons (Fsp3) is 0.619. The van der Waals surface area contributed by atoms with Gasteiger partial charge in [0, 0.05) is 5.02 Å². The van der Waals surface area contributed by atoms with E-state index in [4.69, 9.17) is 21.1 Å². The number of carbonyl (C=O) groups is 2. The molecule has 4 nitrogen and oxygen atoms in total. The molecular weight excluding hydrogens is 352 g/mol. The van der Waals surface area contributed by atoms with Gasteiger partial charge in [0.2, 0.25) is 0 Å². The van der Waals surface area contributed by atoms with E-state index in [0.717, 1.165) is 31.2 Å². The molecule has 0 heterocycles. The third kappa shape index (κ3) is 6.01. The maximum Gasteiger partial charge on any atom is 0.315 e. The van der Waals surface area contributed by atoms with Gasteiger partial charge in [0.25, 0.3) is 0 Å². The number of ether oxygens (including phenoxy) is 2. The van der Waals surface area contributed by atoms with Crippen LogP contribution in [0.15, 0.2) is 18.2 Å². The van der Waals surface area contributed by atoms with Gasteiger partial charge < -0.3 is 9.47 Å². The van der Waals surface area contributed by atoms with Crippen LogP contribution in [0.2, 0.25) is 5.02 Å². The van der Waals surface area contributed by atoms with Crippen molar-refractivity contribution < 1.29 is 19.1 Å². The minimum Gasteiger partial charge on any atom is -0.465 e. The van der Waals surface area contributed by atoms with Crippen LogP contribution in [0.1, 0.15) is 57.9 Å². The highest BCUT2D eigenvalue weighted by atomic mass is 35.5. The van der Waals surface area contributed by atoms with Gasteiger partial charge in [-0.2, -0.15) is 0 Å². The molecule has 1 aromatic rings. The summed E-state index contributed by atoms with van der Waals surface area (Å²) in [5, 5.41) is 0.630. The van der Waals surface area contributed by atoms with Crippen LogP contribution < -0.4 is 4.74 Å². The van der Waals surface area contributed by atoms with Gasteiger partial charge >= 0.3 is 11.9 Å². The second kappa shape index (κ2) is 9.96. The summed E-state index contributed by atoms with van der Waals surface area (Å²) >= 11 is 6.01. The summed E-state index contributed by atoms with van der Waals surface area (Å²) in [6.07, 6.45) is 5.10. The van der Waals surface area contributed by atoms with E-state index in [1.54, 1.807) is 18.2 Å². The van der Waals surface area contributed by atoms with Crippen LogP contribution in [-0.2, 0) is 14.3 Å². The van der Waals surface area contributed by atoms with Gasteiger partial charge in [0.15, 0.2) is 0 Å². The lowest BCUT2D eigenvalue weighted by atomic mass is 9.79. The van der Waals surface area contributed by atoms with Crippen LogP contribution in [0.3, 0.4) is 0 Å². The lowest BCUT2D eigenvalue weighted by molar-refractivity contribution is -0.158. The molecule has 0 bridgehead atoms. The molecule has 1 fully saturated rings. The third-order valence-electron chi connectivity index (χ3n) is 4.89. The summed E-state index contributed by atoms with van der Waals surface area (Å²) in [5.74, 6) is -0.389. The molecule has 2 unspecified atom stereocenters. The van der Waals surface area contributed by atoms with Crippen molar-refractivity contribution in [3.8, 4) is 5.75 Å². The molecule has 0 radical (unpaired) electrons. The smallest absolute Gasteiger partial charge is 0.315 e. The van der Waals surface area contributed by atoms with E-state index in [1.165, 1.54) is 0 Å². The molecule has 5 heteroatoms. The van der Waals surface area contributed by atoms with E-state index in [1.807, 2.05) is 6.92 Å². The zero-order valence-corrected chi connectivity index (χ0v) is 16.7. The summed E-state index contributed by atoms with van der Waals surface area (Å²) in [7, 11) is 0. The highest BCUT2D eigenvalue weighted by Crippen LogP contribution is 2.33. The monoisotopic (exact) mass is 380 g/mol. The summed E-state index contributed by atoms with van der Waals surface area (Å²) in [4.78, 5) is 25.1. The van der Waals surface area contributed by atoms with Gasteiger partial charge in [-0.25, -0.2) is 0 Å². The molecule has 0 aliphatic heterocycles. The zero-order valence-electron chi connectivity index (χ0n) is 15.9. The number of rotatable bonds is 7. The topological polar surface area (TPSA) is 52.6 Å². The van der Waals surface area contributed by atoms with E-state index in [-0.39, 0.29) is 11.9 Å². The van der Waals surface area contributed by atoms with E-state index in [0.29, 0.717) is 36.1 Å². The average molecular weight is 381 g/mol. The molecule has 0 saturated heterocycles. The Labute approximate surface area is 161 Å². The maximum absolute atomic E-state index is 12.6. The quantitative estimate of drug-likeness (QED) is 0.364. The van der Waals surface area contributed by atoms with Crippen LogP contribution in [0.25, 0.3) is 0 Å². The van der Waals surface area contributed by atoms with Gasteiger partial charge in [0.1, 0.15) is 5.75 Å². The molecule has 1 saturated carbocycles. The predicted octanol–water partition coefficient (Wildman–Crippen LogP) is 5.34. The molecular formula is C21H29ClO4. The van der Waals surface area contributed by atoms with Crippen LogP contribution >= 0.6 is 11.6 Å². The number of benzene rings is 1. The second-order valence-electron chi connectivity index (χ2n) is 7.53. The largest absolute Gasteiger partial charge is 0.465 e. The summed E-state index contributed by atoms with van der Waals surface area (Å²) in [6, 6.07) is 5.12. The maximum atomic E-state index is 12.6. The van der Waals surface area contributed by atoms with Crippen LogP contribution in [-0.4, -0.2) is 18.5 Å². The van der Waals surface area contributed by atoms with Crippen molar-refractivity contribution in [2.24, 2.45) is 17.8 Å². The van der Waals surface area contributed by atoms with Gasteiger partial charge in [-0.15, -0.1) is 0 Å². The van der Waals surface area contributed by atoms with Crippen LogP contribution in [0, 0.1) is 24.7 Å². The molecule has 0 spiro atoms. The first-order valence-corrected chi connectivity index (χ1v) is 9.90. The summed E-state index contributed by atoms with van der Waals surface area (Å²) < 4.78 is 11.0. The Hall–Kier alpha value is -1.55. The Kier molecular flexibility index (Phi) is 7.95. The number of hydrogen-bond donors (Lipinski definition) is 0. The molecule has 1 aromatic carbocycles. The standard InChI is InChI=1S/C21H29ClO4/c1-14(2)7-6-12-25-20(23)17-8-4-5-9-18(17)21(24)26-16-10-11-19(22)15(3)13-16/h10-11,13-14,17-18H,4-9,12H2,1-3H3. The van der Waals surface area contributed by atoms with Gasteiger partial charge in [-0.3, -0.25) is 9.59 Å². The minimum absolute atomic E-state index is 0.261. The molecule has 2 atom stereocenters. The van der Waals surface area contributed by atoms with Crippen molar-refractivity contribution in [2.45, 2.75) is 59.3 Å². The molecule has 144 valence electrons. The average Bonchev–Trinajstić information content (AvgIpc) is 2.61. The molecule has 1 aliphatic carbocycles. The van der Waals surface area contributed by atoms with Crippen molar-refractivity contribution in [3.05, 3.63) is 28.8 Å². The number of aryl methyl sites for hydroxylation is 1. The minimum atomic E-state index is -0.433. The fourth-order valence-electron chi connectivity index (χ4n) is 3.34. The van der Waals surface area contributed by atoms with Crippen molar-refractivity contribution in [2.75, 3.05) is 6.61 Å².